The van der Waals surface area contributed by atoms with Crippen LogP contribution in [0.5, 0.6) is 17.2 Å². The van der Waals surface area contributed by atoms with Gasteiger partial charge in [0.1, 0.15) is 17.2 Å². The first-order valence-electron chi connectivity index (χ1n) is 10.5. The summed E-state index contributed by atoms with van der Waals surface area (Å²) in [6.45, 7) is 8.62. The highest BCUT2D eigenvalue weighted by atomic mass is 16.5. The van der Waals surface area contributed by atoms with Crippen LogP contribution in [0, 0.1) is 13.8 Å². The van der Waals surface area contributed by atoms with Crippen LogP contribution in [0.1, 0.15) is 28.7 Å². The first-order valence-corrected chi connectivity index (χ1v) is 10.5. The molecule has 2 aromatic rings. The highest BCUT2D eigenvalue weighted by molar-refractivity contribution is 5.43. The maximum Gasteiger partial charge on any atom is 0.122 e. The van der Waals surface area contributed by atoms with E-state index in [1.165, 1.54) is 16.7 Å². The Balaban J connectivity index is 1.71. The second kappa shape index (κ2) is 10.2. The number of piperazine rings is 1. The fourth-order valence-corrected chi connectivity index (χ4v) is 4.25. The normalized spacial score (nSPS) is 17.8. The van der Waals surface area contributed by atoms with Gasteiger partial charge in [0.2, 0.25) is 0 Å². The maximum atomic E-state index is 10.2. The number of aromatic hydroxyl groups is 1. The molecule has 0 unspecified atom stereocenters. The van der Waals surface area contributed by atoms with Crippen molar-refractivity contribution in [3.63, 3.8) is 0 Å². The highest BCUT2D eigenvalue weighted by Gasteiger charge is 2.27. The number of phenolic OH excluding ortho intramolecular Hbond substituents is 1. The second-order valence-electron chi connectivity index (χ2n) is 8.04. The number of hydrogen-bond donors (Lipinski definition) is 2. The lowest BCUT2D eigenvalue weighted by Gasteiger charge is -2.42. The van der Waals surface area contributed by atoms with E-state index >= 15 is 0 Å². The second-order valence-corrected chi connectivity index (χ2v) is 8.04. The van der Waals surface area contributed by atoms with Gasteiger partial charge < -0.3 is 19.7 Å². The van der Waals surface area contributed by atoms with Crippen LogP contribution in [-0.2, 0) is 13.1 Å². The summed E-state index contributed by atoms with van der Waals surface area (Å²) in [7, 11) is 3.34. The number of benzene rings is 2. The topological polar surface area (TPSA) is 65.4 Å². The van der Waals surface area contributed by atoms with Gasteiger partial charge >= 0.3 is 0 Å². The van der Waals surface area contributed by atoms with Crippen molar-refractivity contribution in [2.45, 2.75) is 39.4 Å². The summed E-state index contributed by atoms with van der Waals surface area (Å²) < 4.78 is 10.7. The van der Waals surface area contributed by atoms with Crippen molar-refractivity contribution in [2.24, 2.45) is 0 Å². The molecule has 1 aliphatic rings. The van der Waals surface area contributed by atoms with Crippen LogP contribution in [0.4, 0.5) is 0 Å². The van der Waals surface area contributed by atoms with Gasteiger partial charge in [-0.2, -0.15) is 0 Å². The Hall–Kier alpha value is -2.28. The molecule has 1 atom stereocenters. The molecule has 1 saturated heterocycles. The van der Waals surface area contributed by atoms with Gasteiger partial charge in [-0.15, -0.1) is 0 Å². The predicted octanol–water partition coefficient (Wildman–Crippen LogP) is 3.10. The Kier molecular flexibility index (Phi) is 7.58. The van der Waals surface area contributed by atoms with E-state index in [-0.39, 0.29) is 12.6 Å². The van der Waals surface area contributed by atoms with E-state index in [9.17, 15) is 10.2 Å². The summed E-state index contributed by atoms with van der Waals surface area (Å²) >= 11 is 0. The average Bonchev–Trinajstić information content (AvgIpc) is 2.75. The van der Waals surface area contributed by atoms with Gasteiger partial charge in [-0.05, 0) is 61.2 Å². The summed E-state index contributed by atoms with van der Waals surface area (Å²) in [6, 6.07) is 9.80. The van der Waals surface area contributed by atoms with E-state index in [4.69, 9.17) is 9.47 Å². The molecule has 0 spiro atoms. The quantitative estimate of drug-likeness (QED) is 0.692. The SMILES string of the molecule is COc1ccc(O)c(CN2CCN(Cc3ccc(OC)c(C)c3C)[C@H](CCO)C2)c1. The molecule has 1 heterocycles. The summed E-state index contributed by atoms with van der Waals surface area (Å²) in [5, 5.41) is 19.9. The summed E-state index contributed by atoms with van der Waals surface area (Å²) in [4.78, 5) is 4.81. The van der Waals surface area contributed by atoms with Gasteiger partial charge in [0, 0.05) is 50.9 Å². The molecular weight excluding hydrogens is 380 g/mol. The monoisotopic (exact) mass is 414 g/mol. The van der Waals surface area contributed by atoms with E-state index in [1.807, 2.05) is 12.1 Å². The van der Waals surface area contributed by atoms with Gasteiger partial charge in [-0.3, -0.25) is 9.80 Å². The molecule has 0 radical (unpaired) electrons. The molecule has 0 bridgehead atoms. The van der Waals surface area contributed by atoms with Crippen LogP contribution in [0.15, 0.2) is 30.3 Å². The molecular formula is C24H34N2O4. The van der Waals surface area contributed by atoms with Crippen molar-refractivity contribution in [2.75, 3.05) is 40.5 Å². The van der Waals surface area contributed by atoms with Crippen LogP contribution in [0.3, 0.4) is 0 Å². The third-order valence-corrected chi connectivity index (χ3v) is 6.27. The average molecular weight is 415 g/mol. The number of rotatable bonds is 8. The lowest BCUT2D eigenvalue weighted by Crippen LogP contribution is -2.52. The van der Waals surface area contributed by atoms with Gasteiger partial charge in [0.05, 0.1) is 14.2 Å². The Morgan fingerprint density at radius 2 is 1.77 bits per heavy atom. The lowest BCUT2D eigenvalue weighted by atomic mass is 10.00. The van der Waals surface area contributed by atoms with Crippen LogP contribution < -0.4 is 9.47 Å². The molecule has 30 heavy (non-hydrogen) atoms. The number of nitrogens with zero attached hydrogens (tertiary/aromatic N) is 2. The van der Waals surface area contributed by atoms with Crippen molar-refractivity contribution in [3.8, 4) is 17.2 Å². The fourth-order valence-electron chi connectivity index (χ4n) is 4.25. The first kappa shape index (κ1) is 22.4. The number of ether oxygens (including phenoxy) is 2. The standard InChI is InChI=1S/C24H34N2O4/c1-17-18(2)24(30-4)8-5-19(17)15-26-11-10-25(16-21(26)9-12-27)14-20-13-22(29-3)6-7-23(20)28/h5-8,13,21,27-28H,9-12,14-16H2,1-4H3/t21-/m1/s1. The van der Waals surface area contributed by atoms with Crippen LogP contribution >= 0.6 is 0 Å². The van der Waals surface area contributed by atoms with Gasteiger partial charge in [-0.25, -0.2) is 0 Å². The lowest BCUT2D eigenvalue weighted by molar-refractivity contribution is 0.0495. The summed E-state index contributed by atoms with van der Waals surface area (Å²) in [5.41, 5.74) is 4.61. The third kappa shape index (κ3) is 5.06. The number of aliphatic hydroxyl groups is 1. The number of phenols is 1. The first-order chi connectivity index (χ1) is 14.5. The molecule has 3 rings (SSSR count). The molecule has 0 amide bonds. The summed E-state index contributed by atoms with van der Waals surface area (Å²) in [6.07, 6.45) is 0.731. The van der Waals surface area contributed by atoms with E-state index < -0.39 is 0 Å². The number of methoxy groups -OCH3 is 2. The largest absolute Gasteiger partial charge is 0.508 e. The van der Waals surface area contributed by atoms with E-state index in [0.29, 0.717) is 12.3 Å². The Morgan fingerprint density at radius 3 is 2.47 bits per heavy atom. The van der Waals surface area contributed by atoms with Crippen molar-refractivity contribution in [1.29, 1.82) is 0 Å². The molecule has 2 N–H and O–H groups in total. The number of aliphatic hydroxyl groups excluding tert-OH is 1. The fraction of sp³-hybridized carbons (Fsp3) is 0.500. The van der Waals surface area contributed by atoms with Crippen molar-refractivity contribution in [1.82, 2.24) is 9.80 Å². The minimum Gasteiger partial charge on any atom is -0.508 e. The molecule has 0 aromatic heterocycles. The molecule has 1 fully saturated rings. The minimum absolute atomic E-state index is 0.167. The molecule has 0 saturated carbocycles. The smallest absolute Gasteiger partial charge is 0.122 e. The Bertz CT molecular complexity index is 855. The molecule has 2 aromatic carbocycles. The predicted molar refractivity (Wildman–Crippen MR) is 118 cm³/mol. The van der Waals surface area contributed by atoms with Crippen LogP contribution in [-0.4, -0.2) is 66.5 Å². The number of hydrogen-bond acceptors (Lipinski definition) is 6. The zero-order valence-corrected chi connectivity index (χ0v) is 18.5. The zero-order valence-electron chi connectivity index (χ0n) is 18.5. The van der Waals surface area contributed by atoms with Crippen molar-refractivity contribution >= 4 is 0 Å². The van der Waals surface area contributed by atoms with Crippen LogP contribution in [0.2, 0.25) is 0 Å². The minimum atomic E-state index is 0.167. The van der Waals surface area contributed by atoms with Gasteiger partial charge in [-0.1, -0.05) is 6.07 Å². The Morgan fingerprint density at radius 1 is 0.967 bits per heavy atom. The zero-order chi connectivity index (χ0) is 21.7. The van der Waals surface area contributed by atoms with Gasteiger partial charge in [0.25, 0.3) is 0 Å². The van der Waals surface area contributed by atoms with E-state index in [2.05, 4.69) is 29.7 Å². The summed E-state index contributed by atoms with van der Waals surface area (Å²) in [5.74, 6) is 1.96. The molecule has 6 nitrogen and oxygen atoms in total. The Labute approximate surface area is 179 Å². The van der Waals surface area contributed by atoms with E-state index in [0.717, 1.165) is 49.7 Å². The van der Waals surface area contributed by atoms with Gasteiger partial charge in [0.15, 0.2) is 0 Å². The van der Waals surface area contributed by atoms with Crippen molar-refractivity contribution in [3.05, 3.63) is 52.6 Å². The van der Waals surface area contributed by atoms with Crippen LogP contribution in [0.25, 0.3) is 0 Å². The highest BCUT2D eigenvalue weighted by Crippen LogP contribution is 2.28. The molecule has 164 valence electrons. The van der Waals surface area contributed by atoms with Crippen molar-refractivity contribution < 1.29 is 19.7 Å². The molecule has 1 aliphatic heterocycles. The van der Waals surface area contributed by atoms with E-state index in [1.54, 1.807) is 26.4 Å². The molecule has 6 heteroatoms. The maximum absolute atomic E-state index is 10.2. The third-order valence-electron chi connectivity index (χ3n) is 6.27. The molecule has 0 aliphatic carbocycles.